The maximum Gasteiger partial charge on any atom is 0.322 e. The Hall–Kier alpha value is -4.64. The maximum atomic E-state index is 11.0. The van der Waals surface area contributed by atoms with Gasteiger partial charge < -0.3 is 15.0 Å². The molecule has 0 unspecified atom stereocenters. The predicted octanol–water partition coefficient (Wildman–Crippen LogP) is 7.22. The Morgan fingerprint density at radius 3 is 2.03 bits per heavy atom. The van der Waals surface area contributed by atoms with Crippen LogP contribution in [0.4, 0.5) is 5.69 Å². The van der Waals surface area contributed by atoms with Gasteiger partial charge in [-0.3, -0.25) is 4.79 Å². The molecule has 0 aliphatic carbocycles. The van der Waals surface area contributed by atoms with E-state index in [1.807, 2.05) is 72.8 Å². The van der Waals surface area contributed by atoms with Gasteiger partial charge in [-0.1, -0.05) is 104 Å². The fourth-order valence-corrected chi connectivity index (χ4v) is 4.37. The van der Waals surface area contributed by atoms with Gasteiger partial charge in [-0.2, -0.15) is 0 Å². The van der Waals surface area contributed by atoms with Crippen molar-refractivity contribution in [2.75, 3.05) is 11.9 Å². The van der Waals surface area contributed by atoms with Gasteiger partial charge in [-0.25, -0.2) is 4.98 Å². The van der Waals surface area contributed by atoms with Crippen molar-refractivity contribution >= 4 is 11.7 Å². The third-order valence-electron chi connectivity index (χ3n) is 5.97. The van der Waals surface area contributed by atoms with Crippen LogP contribution in [0.1, 0.15) is 7.43 Å². The van der Waals surface area contributed by atoms with E-state index >= 15 is 0 Å². The van der Waals surface area contributed by atoms with E-state index < -0.39 is 5.97 Å². The van der Waals surface area contributed by atoms with E-state index in [2.05, 4.69) is 53.3 Å². The Morgan fingerprint density at radius 2 is 1.36 bits per heavy atom. The number of nitrogens with one attached hydrogen (secondary N) is 1. The predicted molar refractivity (Wildman–Crippen MR) is 148 cm³/mol. The molecule has 1 heterocycles. The summed E-state index contributed by atoms with van der Waals surface area (Å²) in [6, 6.07) is 36.5. The van der Waals surface area contributed by atoms with Crippen LogP contribution in [0.15, 0.2) is 109 Å². The maximum absolute atomic E-state index is 11.0. The second-order valence-corrected chi connectivity index (χ2v) is 8.30. The molecule has 2 N–H and O–H groups in total. The molecular formula is C31H29N3O2. The van der Waals surface area contributed by atoms with Crippen LogP contribution in [0.5, 0.6) is 0 Å². The van der Waals surface area contributed by atoms with Gasteiger partial charge in [0.25, 0.3) is 0 Å². The second kappa shape index (κ2) is 10.7. The van der Waals surface area contributed by atoms with E-state index in [1.165, 1.54) is 0 Å². The Bertz CT molecular complexity index is 1470. The number of anilines is 1. The molecule has 0 saturated heterocycles. The zero-order valence-corrected chi connectivity index (χ0v) is 19.3. The number of benzene rings is 4. The quantitative estimate of drug-likeness (QED) is 0.261. The number of carboxylic acids is 1. The van der Waals surface area contributed by atoms with E-state index in [0.29, 0.717) is 0 Å². The van der Waals surface area contributed by atoms with Crippen LogP contribution in [0.2, 0.25) is 0 Å². The van der Waals surface area contributed by atoms with Crippen LogP contribution in [-0.2, 0) is 11.8 Å². The van der Waals surface area contributed by atoms with E-state index in [0.717, 1.165) is 50.7 Å². The van der Waals surface area contributed by atoms with E-state index in [1.54, 1.807) is 0 Å². The van der Waals surface area contributed by atoms with Gasteiger partial charge in [0.2, 0.25) is 0 Å². The molecule has 0 amide bonds. The average molecular weight is 476 g/mol. The first-order valence-electron chi connectivity index (χ1n) is 11.4. The molecule has 0 fully saturated rings. The van der Waals surface area contributed by atoms with Gasteiger partial charge >= 0.3 is 5.97 Å². The molecule has 0 aliphatic rings. The molecular weight excluding hydrogens is 446 g/mol. The molecule has 0 saturated carbocycles. The molecule has 180 valence electrons. The van der Waals surface area contributed by atoms with Gasteiger partial charge in [0.05, 0.1) is 11.4 Å². The summed E-state index contributed by atoms with van der Waals surface area (Å²) in [7, 11) is 2.05. The number of carboxylic acid groups (broad SMARTS) is 1. The number of nitrogens with zero attached hydrogens (tertiary/aromatic N) is 2. The van der Waals surface area contributed by atoms with E-state index in [-0.39, 0.29) is 14.0 Å². The zero-order chi connectivity index (χ0) is 24.2. The largest absolute Gasteiger partial charge is 0.480 e. The molecule has 36 heavy (non-hydrogen) atoms. The van der Waals surface area contributed by atoms with Crippen molar-refractivity contribution in [1.82, 2.24) is 9.55 Å². The van der Waals surface area contributed by atoms with E-state index in [9.17, 15) is 4.79 Å². The summed E-state index contributed by atoms with van der Waals surface area (Å²) in [6.45, 7) is -0.134. The van der Waals surface area contributed by atoms with Crippen molar-refractivity contribution < 1.29 is 9.90 Å². The first kappa shape index (κ1) is 24.5. The second-order valence-electron chi connectivity index (χ2n) is 8.30. The Labute approximate surface area is 211 Å². The minimum absolute atomic E-state index is 0. The molecule has 5 aromatic rings. The van der Waals surface area contributed by atoms with Crippen molar-refractivity contribution in [3.05, 3.63) is 109 Å². The molecule has 1 aromatic heterocycles. The number of aliphatic carboxylic acids is 1. The average Bonchev–Trinajstić information content (AvgIpc) is 3.25. The molecule has 0 bridgehead atoms. The van der Waals surface area contributed by atoms with Gasteiger partial charge in [0.1, 0.15) is 12.4 Å². The highest BCUT2D eigenvalue weighted by Gasteiger charge is 2.20. The minimum atomic E-state index is -0.898. The van der Waals surface area contributed by atoms with Crippen molar-refractivity contribution in [1.29, 1.82) is 0 Å². The minimum Gasteiger partial charge on any atom is -0.480 e. The first-order chi connectivity index (χ1) is 17.1. The molecule has 0 spiro atoms. The van der Waals surface area contributed by atoms with Crippen molar-refractivity contribution in [3.63, 3.8) is 0 Å². The standard InChI is InChI=1S/C30H25N3O2.CH4/c1-33-29(22-13-6-3-7-14-22)28(21-11-4-2-5-12-21)32-30(33)26-18-9-8-17-25(26)23-15-10-16-24(19-23)31-20-27(34)35;/h2-19,31H,20H2,1H3,(H,34,35);1H4. The lowest BCUT2D eigenvalue weighted by atomic mass is 9.98. The SMILES string of the molecule is C.Cn1c(-c2ccccc2-c2cccc(NCC(=O)O)c2)nc(-c2ccccc2)c1-c1ccccc1. The fraction of sp³-hybridized carbons (Fsp3) is 0.0968. The molecule has 0 radical (unpaired) electrons. The summed E-state index contributed by atoms with van der Waals surface area (Å²) < 4.78 is 2.16. The first-order valence-corrected chi connectivity index (χ1v) is 11.4. The van der Waals surface area contributed by atoms with Crippen LogP contribution < -0.4 is 5.32 Å². The zero-order valence-electron chi connectivity index (χ0n) is 19.3. The number of rotatable bonds is 7. The van der Waals surface area contributed by atoms with Gasteiger partial charge in [0.15, 0.2) is 0 Å². The van der Waals surface area contributed by atoms with Crippen LogP contribution in [0.25, 0.3) is 45.0 Å². The van der Waals surface area contributed by atoms with Crippen LogP contribution >= 0.6 is 0 Å². The molecule has 5 rings (SSSR count). The van der Waals surface area contributed by atoms with Crippen LogP contribution in [0.3, 0.4) is 0 Å². The molecule has 4 aromatic carbocycles. The van der Waals surface area contributed by atoms with Gasteiger partial charge in [0, 0.05) is 29.4 Å². The lowest BCUT2D eigenvalue weighted by Crippen LogP contribution is -2.12. The van der Waals surface area contributed by atoms with E-state index in [4.69, 9.17) is 10.1 Å². The van der Waals surface area contributed by atoms with Gasteiger partial charge in [-0.15, -0.1) is 0 Å². The lowest BCUT2D eigenvalue weighted by molar-refractivity contribution is -0.134. The monoisotopic (exact) mass is 475 g/mol. The molecule has 0 atom stereocenters. The third-order valence-corrected chi connectivity index (χ3v) is 5.97. The summed E-state index contributed by atoms with van der Waals surface area (Å²) in [4.78, 5) is 16.2. The number of carbonyl (C=O) groups is 1. The van der Waals surface area contributed by atoms with Crippen LogP contribution in [0, 0.1) is 0 Å². The highest BCUT2D eigenvalue weighted by Crippen LogP contribution is 2.38. The normalized spacial score (nSPS) is 10.5. The smallest absolute Gasteiger partial charge is 0.322 e. The fourth-order valence-electron chi connectivity index (χ4n) is 4.37. The Morgan fingerprint density at radius 1 is 0.778 bits per heavy atom. The highest BCUT2D eigenvalue weighted by atomic mass is 16.4. The number of aromatic nitrogens is 2. The number of hydrogen-bond acceptors (Lipinski definition) is 3. The summed E-state index contributed by atoms with van der Waals surface area (Å²) in [5.74, 6) is -0.0344. The van der Waals surface area contributed by atoms with Crippen molar-refractivity contribution in [2.45, 2.75) is 7.43 Å². The third kappa shape index (κ3) is 4.91. The van der Waals surface area contributed by atoms with Crippen LogP contribution in [-0.4, -0.2) is 27.2 Å². The summed E-state index contributed by atoms with van der Waals surface area (Å²) in [5, 5.41) is 12.0. The Kier molecular flexibility index (Phi) is 7.31. The molecule has 5 nitrogen and oxygen atoms in total. The van der Waals surface area contributed by atoms with Crippen molar-refractivity contribution in [2.24, 2.45) is 7.05 Å². The summed E-state index contributed by atoms with van der Waals surface area (Å²) in [6.07, 6.45) is 0. The molecule has 0 aliphatic heterocycles. The lowest BCUT2D eigenvalue weighted by Gasteiger charge is -2.13. The Balaban J connectivity index is 0.00000304. The molecule has 5 heteroatoms. The summed E-state index contributed by atoms with van der Waals surface area (Å²) >= 11 is 0. The van der Waals surface area contributed by atoms with Gasteiger partial charge in [-0.05, 0) is 23.3 Å². The topological polar surface area (TPSA) is 67.2 Å². The highest BCUT2D eigenvalue weighted by molar-refractivity contribution is 5.87. The number of hydrogen-bond donors (Lipinski definition) is 2. The van der Waals surface area contributed by atoms with Crippen molar-refractivity contribution in [3.8, 4) is 45.0 Å². The number of imidazole rings is 1. The summed E-state index contributed by atoms with van der Waals surface area (Å²) in [5.41, 5.74) is 7.93.